The molecule has 0 saturated carbocycles. The predicted molar refractivity (Wildman–Crippen MR) is 95.1 cm³/mol. The number of amides is 2. The Morgan fingerprint density at radius 2 is 1.96 bits per heavy atom. The molecule has 1 heterocycles. The third kappa shape index (κ3) is 5.31. The van der Waals surface area contributed by atoms with Gasteiger partial charge in [0.05, 0.1) is 5.92 Å². The van der Waals surface area contributed by atoms with Gasteiger partial charge in [0.2, 0.25) is 5.91 Å². The SMILES string of the molecule is CCc1ccc(N2C[C@@H](C(=O)OCC(=O)NCC(C)C)CC2=O)cc1. The van der Waals surface area contributed by atoms with Gasteiger partial charge in [-0.15, -0.1) is 0 Å². The second-order valence-corrected chi connectivity index (χ2v) is 6.73. The van der Waals surface area contributed by atoms with Crippen molar-refractivity contribution < 1.29 is 19.1 Å². The molecule has 1 atom stereocenters. The number of anilines is 1. The number of rotatable bonds is 7. The summed E-state index contributed by atoms with van der Waals surface area (Å²) < 4.78 is 5.06. The summed E-state index contributed by atoms with van der Waals surface area (Å²) in [6.45, 7) is 6.56. The average Bonchev–Trinajstić information content (AvgIpc) is 2.99. The minimum Gasteiger partial charge on any atom is -0.455 e. The fourth-order valence-electron chi connectivity index (χ4n) is 2.65. The lowest BCUT2D eigenvalue weighted by molar-refractivity contribution is -0.152. The highest BCUT2D eigenvalue weighted by Gasteiger charge is 2.36. The number of nitrogens with one attached hydrogen (secondary N) is 1. The van der Waals surface area contributed by atoms with Crippen LogP contribution < -0.4 is 10.2 Å². The van der Waals surface area contributed by atoms with Crippen molar-refractivity contribution in [2.45, 2.75) is 33.6 Å². The summed E-state index contributed by atoms with van der Waals surface area (Å²) in [5.41, 5.74) is 1.98. The Balaban J connectivity index is 1.86. The Hall–Kier alpha value is -2.37. The number of carbonyl (C=O) groups excluding carboxylic acids is 3. The van der Waals surface area contributed by atoms with Gasteiger partial charge in [0, 0.05) is 25.2 Å². The van der Waals surface area contributed by atoms with E-state index in [0.29, 0.717) is 12.5 Å². The van der Waals surface area contributed by atoms with Crippen LogP contribution in [-0.4, -0.2) is 37.5 Å². The Labute approximate surface area is 148 Å². The van der Waals surface area contributed by atoms with Crippen LogP contribution in [0.3, 0.4) is 0 Å². The molecule has 0 radical (unpaired) electrons. The van der Waals surface area contributed by atoms with Crippen LogP contribution >= 0.6 is 0 Å². The molecule has 1 aliphatic rings. The van der Waals surface area contributed by atoms with E-state index in [2.05, 4.69) is 12.2 Å². The van der Waals surface area contributed by atoms with Crippen molar-refractivity contribution in [1.29, 1.82) is 0 Å². The number of benzene rings is 1. The molecular formula is C19H26N2O4. The second-order valence-electron chi connectivity index (χ2n) is 6.73. The fourth-order valence-corrected chi connectivity index (χ4v) is 2.65. The number of nitrogens with zero attached hydrogens (tertiary/aromatic N) is 1. The molecule has 6 heteroatoms. The summed E-state index contributed by atoms with van der Waals surface area (Å²) >= 11 is 0. The van der Waals surface area contributed by atoms with Crippen LogP contribution in [0.1, 0.15) is 32.8 Å². The van der Waals surface area contributed by atoms with Crippen molar-refractivity contribution in [2.24, 2.45) is 11.8 Å². The molecule has 1 aromatic carbocycles. The van der Waals surface area contributed by atoms with Crippen LogP contribution in [0.15, 0.2) is 24.3 Å². The lowest BCUT2D eigenvalue weighted by Gasteiger charge is -2.17. The van der Waals surface area contributed by atoms with Gasteiger partial charge in [0.25, 0.3) is 5.91 Å². The molecule has 1 aromatic rings. The predicted octanol–water partition coefficient (Wildman–Crippen LogP) is 1.92. The van der Waals surface area contributed by atoms with E-state index in [1.165, 1.54) is 5.56 Å². The lowest BCUT2D eigenvalue weighted by Crippen LogP contribution is -2.33. The minimum absolute atomic E-state index is 0.101. The number of carbonyl (C=O) groups is 3. The largest absolute Gasteiger partial charge is 0.455 e. The maximum atomic E-state index is 12.2. The van der Waals surface area contributed by atoms with E-state index in [-0.39, 0.29) is 31.4 Å². The summed E-state index contributed by atoms with van der Waals surface area (Å²) in [4.78, 5) is 37.5. The van der Waals surface area contributed by atoms with Crippen molar-refractivity contribution in [3.8, 4) is 0 Å². The van der Waals surface area contributed by atoms with E-state index in [4.69, 9.17) is 4.74 Å². The van der Waals surface area contributed by atoms with Crippen LogP contribution in [-0.2, 0) is 25.5 Å². The summed E-state index contributed by atoms with van der Waals surface area (Å²) in [7, 11) is 0. The quantitative estimate of drug-likeness (QED) is 0.765. The van der Waals surface area contributed by atoms with Crippen LogP contribution in [0.4, 0.5) is 5.69 Å². The Kier molecular flexibility index (Phi) is 6.56. The van der Waals surface area contributed by atoms with Crippen LogP contribution in [0.5, 0.6) is 0 Å². The molecule has 25 heavy (non-hydrogen) atoms. The minimum atomic E-state index is -0.531. The molecule has 136 valence electrons. The normalized spacial score (nSPS) is 17.0. The zero-order valence-electron chi connectivity index (χ0n) is 15.1. The molecule has 0 spiro atoms. The Morgan fingerprint density at radius 3 is 2.56 bits per heavy atom. The first-order chi connectivity index (χ1) is 11.9. The molecular weight excluding hydrogens is 320 g/mol. The van der Waals surface area contributed by atoms with Crippen molar-refractivity contribution >= 4 is 23.5 Å². The topological polar surface area (TPSA) is 75.7 Å². The van der Waals surface area contributed by atoms with Crippen molar-refractivity contribution in [3.63, 3.8) is 0 Å². The second kappa shape index (κ2) is 8.65. The average molecular weight is 346 g/mol. The first-order valence-corrected chi connectivity index (χ1v) is 8.73. The monoisotopic (exact) mass is 346 g/mol. The van der Waals surface area contributed by atoms with E-state index < -0.39 is 11.9 Å². The Bertz CT molecular complexity index is 625. The first kappa shape index (κ1) is 19.0. The molecule has 2 amide bonds. The van der Waals surface area contributed by atoms with Gasteiger partial charge in [-0.2, -0.15) is 0 Å². The van der Waals surface area contributed by atoms with E-state index >= 15 is 0 Å². The van der Waals surface area contributed by atoms with Gasteiger partial charge in [-0.1, -0.05) is 32.9 Å². The summed E-state index contributed by atoms with van der Waals surface area (Å²) in [5.74, 6) is -1.12. The van der Waals surface area contributed by atoms with Gasteiger partial charge in [0.15, 0.2) is 6.61 Å². The Morgan fingerprint density at radius 1 is 1.28 bits per heavy atom. The van der Waals surface area contributed by atoms with Crippen LogP contribution in [0, 0.1) is 11.8 Å². The number of aryl methyl sites for hydroxylation is 1. The van der Waals surface area contributed by atoms with Gasteiger partial charge in [-0.25, -0.2) is 0 Å². The molecule has 1 aliphatic heterocycles. The summed E-state index contributed by atoms with van der Waals surface area (Å²) in [6, 6.07) is 7.74. The maximum Gasteiger partial charge on any atom is 0.311 e. The standard InChI is InChI=1S/C19H26N2O4/c1-4-14-5-7-16(8-6-14)21-11-15(9-18(21)23)19(24)25-12-17(22)20-10-13(2)3/h5-8,13,15H,4,9-12H2,1-3H3,(H,20,22)/t15-/m0/s1. The third-order valence-corrected chi connectivity index (χ3v) is 4.17. The highest BCUT2D eigenvalue weighted by molar-refractivity contribution is 5.99. The molecule has 0 aliphatic carbocycles. The number of hydrogen-bond donors (Lipinski definition) is 1. The number of esters is 1. The highest BCUT2D eigenvalue weighted by atomic mass is 16.5. The molecule has 0 aromatic heterocycles. The molecule has 1 fully saturated rings. The molecule has 1 N–H and O–H groups in total. The van der Waals surface area contributed by atoms with E-state index in [9.17, 15) is 14.4 Å². The van der Waals surface area contributed by atoms with Gasteiger partial charge in [0.1, 0.15) is 0 Å². The lowest BCUT2D eigenvalue weighted by atomic mass is 10.1. The van der Waals surface area contributed by atoms with E-state index in [0.717, 1.165) is 12.1 Å². The molecule has 6 nitrogen and oxygen atoms in total. The van der Waals surface area contributed by atoms with Crippen molar-refractivity contribution in [2.75, 3.05) is 24.6 Å². The van der Waals surface area contributed by atoms with Gasteiger partial charge < -0.3 is 15.0 Å². The molecule has 2 rings (SSSR count). The van der Waals surface area contributed by atoms with Crippen LogP contribution in [0.2, 0.25) is 0 Å². The van der Waals surface area contributed by atoms with Crippen LogP contribution in [0.25, 0.3) is 0 Å². The van der Waals surface area contributed by atoms with E-state index in [1.807, 2.05) is 38.1 Å². The van der Waals surface area contributed by atoms with E-state index in [1.54, 1.807) is 4.90 Å². The van der Waals surface area contributed by atoms with Gasteiger partial charge in [-0.3, -0.25) is 14.4 Å². The van der Waals surface area contributed by atoms with Crippen molar-refractivity contribution in [3.05, 3.63) is 29.8 Å². The number of ether oxygens (including phenoxy) is 1. The number of hydrogen-bond acceptors (Lipinski definition) is 4. The molecule has 0 unspecified atom stereocenters. The molecule has 0 bridgehead atoms. The first-order valence-electron chi connectivity index (χ1n) is 8.73. The summed E-state index contributed by atoms with van der Waals surface area (Å²) in [6.07, 6.45) is 1.05. The zero-order valence-corrected chi connectivity index (χ0v) is 15.1. The summed E-state index contributed by atoms with van der Waals surface area (Å²) in [5, 5.41) is 2.69. The van der Waals surface area contributed by atoms with Gasteiger partial charge in [-0.05, 0) is 30.0 Å². The zero-order chi connectivity index (χ0) is 18.4. The smallest absolute Gasteiger partial charge is 0.311 e. The van der Waals surface area contributed by atoms with Gasteiger partial charge >= 0.3 is 5.97 Å². The fraction of sp³-hybridized carbons (Fsp3) is 0.526. The van der Waals surface area contributed by atoms with Crippen molar-refractivity contribution in [1.82, 2.24) is 5.32 Å². The third-order valence-electron chi connectivity index (χ3n) is 4.17. The molecule has 1 saturated heterocycles. The maximum absolute atomic E-state index is 12.2. The highest BCUT2D eigenvalue weighted by Crippen LogP contribution is 2.26.